The summed E-state index contributed by atoms with van der Waals surface area (Å²) in [5.41, 5.74) is 4.19. The van der Waals surface area contributed by atoms with Crippen LogP contribution < -0.4 is 10.6 Å². The molecule has 35 heavy (non-hydrogen) atoms. The van der Waals surface area contributed by atoms with E-state index in [4.69, 9.17) is 4.74 Å². The first-order valence-electron chi connectivity index (χ1n) is 11.9. The maximum Gasteiger partial charge on any atom is 0.267 e. The van der Waals surface area contributed by atoms with Crippen molar-refractivity contribution in [1.82, 2.24) is 14.9 Å². The number of ether oxygens (including phenoxy) is 1. The van der Waals surface area contributed by atoms with Crippen molar-refractivity contribution >= 4 is 28.4 Å². The number of amides is 2. The third kappa shape index (κ3) is 6.55. The standard InChI is InChI=1S/C28H30N4O3/c1-2-16-32-25-12-11-24(31-27(33)20-35-19-21-8-4-3-5-9-21)17-22(25)18-26(32)28(34)30-15-13-23-10-6-7-14-29-23/h3-12,14,17-18H,2,13,15-16,19-20H2,1H3,(H,30,34)(H,31,33). The van der Waals surface area contributed by atoms with Gasteiger partial charge < -0.3 is 19.9 Å². The number of benzene rings is 2. The maximum atomic E-state index is 13.0. The normalized spacial score (nSPS) is 10.9. The highest BCUT2D eigenvalue weighted by molar-refractivity contribution is 6.00. The lowest BCUT2D eigenvalue weighted by atomic mass is 10.2. The van der Waals surface area contributed by atoms with Crippen LogP contribution in [0.1, 0.15) is 35.1 Å². The van der Waals surface area contributed by atoms with Crippen molar-refractivity contribution in [3.8, 4) is 0 Å². The van der Waals surface area contributed by atoms with Crippen molar-refractivity contribution in [2.45, 2.75) is 32.9 Å². The van der Waals surface area contributed by atoms with E-state index in [9.17, 15) is 9.59 Å². The van der Waals surface area contributed by atoms with E-state index in [1.165, 1.54) is 0 Å². The molecule has 0 saturated carbocycles. The zero-order valence-corrected chi connectivity index (χ0v) is 19.9. The summed E-state index contributed by atoms with van der Waals surface area (Å²) < 4.78 is 7.55. The Kier molecular flexibility index (Phi) is 8.25. The molecule has 4 rings (SSSR count). The van der Waals surface area contributed by atoms with Crippen LogP contribution in [-0.4, -0.2) is 34.5 Å². The molecular formula is C28H30N4O3. The molecule has 7 nitrogen and oxygen atoms in total. The molecule has 0 atom stereocenters. The van der Waals surface area contributed by atoms with Gasteiger partial charge in [-0.15, -0.1) is 0 Å². The molecular weight excluding hydrogens is 440 g/mol. The van der Waals surface area contributed by atoms with Crippen LogP contribution in [-0.2, 0) is 29.1 Å². The summed E-state index contributed by atoms with van der Waals surface area (Å²) in [6, 6.07) is 23.1. The first kappa shape index (κ1) is 24.2. The van der Waals surface area contributed by atoms with Crippen LogP contribution >= 0.6 is 0 Å². The molecule has 0 aliphatic carbocycles. The molecule has 0 aliphatic rings. The number of fused-ring (bicyclic) bond motifs is 1. The molecule has 180 valence electrons. The van der Waals surface area contributed by atoms with Gasteiger partial charge in [-0.05, 0) is 48.4 Å². The third-order valence-corrected chi connectivity index (χ3v) is 5.60. The second-order valence-corrected chi connectivity index (χ2v) is 8.31. The minimum Gasteiger partial charge on any atom is -0.367 e. The number of rotatable bonds is 11. The molecule has 0 aliphatic heterocycles. The van der Waals surface area contributed by atoms with Crippen LogP contribution in [0.25, 0.3) is 10.9 Å². The smallest absolute Gasteiger partial charge is 0.267 e. The second kappa shape index (κ2) is 11.9. The number of hydrogen-bond acceptors (Lipinski definition) is 4. The molecule has 7 heteroatoms. The van der Waals surface area contributed by atoms with Gasteiger partial charge in [-0.3, -0.25) is 14.6 Å². The quantitative estimate of drug-likeness (QED) is 0.336. The molecule has 2 heterocycles. The number of nitrogens with one attached hydrogen (secondary N) is 2. The highest BCUT2D eigenvalue weighted by atomic mass is 16.5. The Hall–Kier alpha value is -3.97. The van der Waals surface area contributed by atoms with Crippen LogP contribution in [0.2, 0.25) is 0 Å². The van der Waals surface area contributed by atoms with Gasteiger partial charge in [0.25, 0.3) is 5.91 Å². The van der Waals surface area contributed by atoms with Gasteiger partial charge in [-0.2, -0.15) is 0 Å². The van der Waals surface area contributed by atoms with Crippen LogP contribution in [0.5, 0.6) is 0 Å². The van der Waals surface area contributed by atoms with E-state index < -0.39 is 0 Å². The average molecular weight is 471 g/mol. The monoisotopic (exact) mass is 470 g/mol. The fraction of sp³-hybridized carbons (Fsp3) is 0.250. The molecule has 0 radical (unpaired) electrons. The molecule has 2 N–H and O–H groups in total. The predicted octanol–water partition coefficient (Wildman–Crippen LogP) is 4.57. The minimum atomic E-state index is -0.222. The highest BCUT2D eigenvalue weighted by Crippen LogP contribution is 2.24. The molecule has 4 aromatic rings. The van der Waals surface area contributed by atoms with E-state index in [2.05, 4.69) is 22.5 Å². The molecule has 0 saturated heterocycles. The minimum absolute atomic E-state index is 0.0340. The number of hydrogen-bond donors (Lipinski definition) is 2. The highest BCUT2D eigenvalue weighted by Gasteiger charge is 2.16. The van der Waals surface area contributed by atoms with Gasteiger partial charge in [0.1, 0.15) is 12.3 Å². The van der Waals surface area contributed by atoms with Gasteiger partial charge in [-0.25, -0.2) is 0 Å². The van der Waals surface area contributed by atoms with Gasteiger partial charge in [0.15, 0.2) is 0 Å². The number of anilines is 1. The number of aryl methyl sites for hydroxylation is 1. The Morgan fingerprint density at radius 2 is 1.83 bits per heavy atom. The van der Waals surface area contributed by atoms with Crippen molar-refractivity contribution in [1.29, 1.82) is 0 Å². The van der Waals surface area contributed by atoms with Gasteiger partial charge >= 0.3 is 0 Å². The van der Waals surface area contributed by atoms with E-state index >= 15 is 0 Å². The molecule has 0 fully saturated rings. The maximum absolute atomic E-state index is 13.0. The van der Waals surface area contributed by atoms with Gasteiger partial charge in [-0.1, -0.05) is 43.3 Å². The molecule has 2 amide bonds. The van der Waals surface area contributed by atoms with Crippen LogP contribution in [0.4, 0.5) is 5.69 Å². The molecule has 2 aromatic heterocycles. The Balaban J connectivity index is 1.39. The molecule has 0 spiro atoms. The number of aromatic nitrogens is 2. The lowest BCUT2D eigenvalue weighted by molar-refractivity contribution is -0.121. The van der Waals surface area contributed by atoms with Crippen molar-refractivity contribution in [3.63, 3.8) is 0 Å². The Labute approximate surface area is 205 Å². The Bertz CT molecular complexity index is 1270. The first-order valence-corrected chi connectivity index (χ1v) is 11.9. The summed E-state index contributed by atoms with van der Waals surface area (Å²) >= 11 is 0. The summed E-state index contributed by atoms with van der Waals surface area (Å²) in [7, 11) is 0. The zero-order valence-electron chi connectivity index (χ0n) is 19.9. The summed E-state index contributed by atoms with van der Waals surface area (Å²) in [6.45, 7) is 3.66. The number of nitrogens with zero attached hydrogens (tertiary/aromatic N) is 2. The number of carbonyl (C=O) groups is 2. The van der Waals surface area contributed by atoms with E-state index in [1.54, 1.807) is 6.20 Å². The predicted molar refractivity (Wildman–Crippen MR) is 137 cm³/mol. The Morgan fingerprint density at radius 3 is 2.60 bits per heavy atom. The van der Waals surface area contributed by atoms with E-state index in [1.807, 2.05) is 77.4 Å². The summed E-state index contributed by atoms with van der Waals surface area (Å²) in [5, 5.41) is 6.79. The SMILES string of the molecule is CCCn1c(C(=O)NCCc2ccccn2)cc2cc(NC(=O)COCc3ccccc3)ccc21. The lowest BCUT2D eigenvalue weighted by Crippen LogP contribution is -2.28. The second-order valence-electron chi connectivity index (χ2n) is 8.31. The van der Waals surface area contributed by atoms with Gasteiger partial charge in [0, 0.05) is 48.0 Å². The summed E-state index contributed by atoms with van der Waals surface area (Å²) in [4.78, 5) is 29.6. The number of pyridine rings is 1. The van der Waals surface area contributed by atoms with Gasteiger partial charge in [0.2, 0.25) is 5.91 Å². The largest absolute Gasteiger partial charge is 0.367 e. The summed E-state index contributed by atoms with van der Waals surface area (Å²) in [5.74, 6) is -0.341. The first-order chi connectivity index (χ1) is 17.1. The van der Waals surface area contributed by atoms with Gasteiger partial charge in [0.05, 0.1) is 6.61 Å². The Morgan fingerprint density at radius 1 is 1.00 bits per heavy atom. The fourth-order valence-electron chi connectivity index (χ4n) is 3.97. The van der Waals surface area contributed by atoms with Crippen LogP contribution in [0.3, 0.4) is 0 Å². The third-order valence-electron chi connectivity index (χ3n) is 5.60. The molecule has 2 aromatic carbocycles. The molecule has 0 bridgehead atoms. The van der Waals surface area contributed by atoms with Crippen molar-refractivity contribution < 1.29 is 14.3 Å². The van der Waals surface area contributed by atoms with E-state index in [0.29, 0.717) is 31.0 Å². The summed E-state index contributed by atoms with van der Waals surface area (Å²) in [6.07, 6.45) is 3.32. The topological polar surface area (TPSA) is 85.3 Å². The lowest BCUT2D eigenvalue weighted by Gasteiger charge is -2.10. The number of carbonyl (C=O) groups excluding carboxylic acids is 2. The average Bonchev–Trinajstić information content (AvgIpc) is 3.23. The van der Waals surface area contributed by atoms with Crippen molar-refractivity contribution in [2.24, 2.45) is 0 Å². The fourth-order valence-corrected chi connectivity index (χ4v) is 3.97. The zero-order chi connectivity index (χ0) is 24.5. The van der Waals surface area contributed by atoms with Crippen LogP contribution in [0.15, 0.2) is 79.0 Å². The van der Waals surface area contributed by atoms with E-state index in [-0.39, 0.29) is 18.4 Å². The van der Waals surface area contributed by atoms with Crippen molar-refractivity contribution in [3.05, 3.63) is 95.9 Å². The van der Waals surface area contributed by atoms with E-state index in [0.717, 1.165) is 35.1 Å². The van der Waals surface area contributed by atoms with Crippen LogP contribution in [0, 0.1) is 0 Å². The molecule has 0 unspecified atom stereocenters. The van der Waals surface area contributed by atoms with Crippen molar-refractivity contribution in [2.75, 3.05) is 18.5 Å².